The number of halogens is 2. The summed E-state index contributed by atoms with van der Waals surface area (Å²) in [4.78, 5) is 54.5. The highest BCUT2D eigenvalue weighted by atomic mass is 35.5. The number of hydrogen-bond acceptors (Lipinski definition) is 6. The van der Waals surface area contributed by atoms with E-state index in [4.69, 9.17) is 30.9 Å². The minimum Gasteiger partial charge on any atom is -0.428 e. The molecule has 202 valence electrons. The van der Waals surface area contributed by atoms with Crippen LogP contribution in [0.15, 0.2) is 42.5 Å². The molecule has 3 N–H and O–H groups in total. The zero-order valence-corrected chi connectivity index (χ0v) is 22.4. The Balaban J connectivity index is 2.08. The van der Waals surface area contributed by atoms with Gasteiger partial charge in [-0.25, -0.2) is 4.39 Å². The van der Waals surface area contributed by atoms with Gasteiger partial charge in [-0.15, -0.1) is 0 Å². The zero-order chi connectivity index (χ0) is 27.8. The van der Waals surface area contributed by atoms with Gasteiger partial charge in [0, 0.05) is 23.0 Å². The van der Waals surface area contributed by atoms with E-state index in [-0.39, 0.29) is 12.8 Å². The molecular weight excluding hydrogens is 528 g/mol. The topological polar surface area (TPSA) is 139 Å². The molecule has 0 fully saturated rings. The molecule has 0 radical (unpaired) electrons. The van der Waals surface area contributed by atoms with Crippen LogP contribution in [0.1, 0.15) is 39.2 Å². The first kappa shape index (κ1) is 30.4. The third kappa shape index (κ3) is 11.0. The molecule has 12 heteroatoms. The smallest absolute Gasteiger partial charge is 0.326 e. The second-order valence-electron chi connectivity index (χ2n) is 9.45. The van der Waals surface area contributed by atoms with Gasteiger partial charge < -0.3 is 24.6 Å². The van der Waals surface area contributed by atoms with Gasteiger partial charge >= 0.3 is 19.5 Å². The van der Waals surface area contributed by atoms with Crippen LogP contribution in [0.4, 0.5) is 4.39 Å². The van der Waals surface area contributed by atoms with Crippen molar-refractivity contribution in [1.29, 1.82) is 0 Å². The van der Waals surface area contributed by atoms with Crippen molar-refractivity contribution >= 4 is 37.0 Å². The fraction of sp³-hybridized carbons (Fsp3) is 0.400. The van der Waals surface area contributed by atoms with E-state index >= 15 is 0 Å². The van der Waals surface area contributed by atoms with E-state index < -0.39 is 62.1 Å². The number of nitrogens with one attached hydrogen (secondary N) is 1. The summed E-state index contributed by atoms with van der Waals surface area (Å²) in [5.41, 5.74) is 0.807. The molecule has 0 saturated carbocycles. The van der Waals surface area contributed by atoms with E-state index in [2.05, 4.69) is 5.32 Å². The number of ether oxygens (including phenoxy) is 2. The molecule has 2 aromatic carbocycles. The van der Waals surface area contributed by atoms with Gasteiger partial charge in [0.05, 0.1) is 18.0 Å². The molecular formula is C25H30ClFNO8P. The quantitative estimate of drug-likeness (QED) is 0.212. The summed E-state index contributed by atoms with van der Waals surface area (Å²) in [5, 5.41) is 2.97. The number of benzene rings is 2. The SMILES string of the molecule is CC(C)(C)C(=O)OCOC(=O)CC(Cc1ccc(-c2cc(Cl)ccc2F)cc1)NC(=O)CCP(=O)(O)O. The Kier molecular flexibility index (Phi) is 10.8. The normalized spacial score (nSPS) is 12.5. The van der Waals surface area contributed by atoms with Crippen molar-refractivity contribution in [2.75, 3.05) is 13.0 Å². The molecule has 0 aliphatic carbocycles. The molecule has 0 aliphatic rings. The van der Waals surface area contributed by atoms with Crippen molar-refractivity contribution in [1.82, 2.24) is 5.32 Å². The predicted molar refractivity (Wildman–Crippen MR) is 135 cm³/mol. The first-order valence-electron chi connectivity index (χ1n) is 11.3. The van der Waals surface area contributed by atoms with Crippen LogP contribution in [-0.2, 0) is 34.8 Å². The zero-order valence-electron chi connectivity index (χ0n) is 20.7. The van der Waals surface area contributed by atoms with Gasteiger partial charge in [0.25, 0.3) is 0 Å². The highest BCUT2D eigenvalue weighted by molar-refractivity contribution is 7.51. The van der Waals surface area contributed by atoms with Crippen molar-refractivity contribution in [3.63, 3.8) is 0 Å². The van der Waals surface area contributed by atoms with E-state index in [0.717, 1.165) is 0 Å². The third-order valence-electron chi connectivity index (χ3n) is 5.11. The maximum atomic E-state index is 14.2. The molecule has 0 spiro atoms. The summed E-state index contributed by atoms with van der Waals surface area (Å²) in [6.45, 7) is 4.35. The average Bonchev–Trinajstić information content (AvgIpc) is 2.78. The van der Waals surface area contributed by atoms with Gasteiger partial charge in [0.15, 0.2) is 0 Å². The summed E-state index contributed by atoms with van der Waals surface area (Å²) in [7, 11) is -4.38. The highest BCUT2D eigenvalue weighted by Crippen LogP contribution is 2.34. The number of carbonyl (C=O) groups excluding carboxylic acids is 3. The van der Waals surface area contributed by atoms with E-state index in [1.807, 2.05) is 0 Å². The fourth-order valence-corrected chi connectivity index (χ4v) is 3.84. The Labute approximate surface area is 219 Å². The Morgan fingerprint density at radius 3 is 2.32 bits per heavy atom. The lowest BCUT2D eigenvalue weighted by molar-refractivity contribution is -0.173. The van der Waals surface area contributed by atoms with Crippen molar-refractivity contribution in [2.45, 2.75) is 46.1 Å². The lowest BCUT2D eigenvalue weighted by atomic mass is 9.98. The molecule has 0 aliphatic heterocycles. The van der Waals surface area contributed by atoms with Gasteiger partial charge in [-0.1, -0.05) is 35.9 Å². The Morgan fingerprint density at radius 1 is 1.08 bits per heavy atom. The van der Waals surface area contributed by atoms with Crippen LogP contribution in [0.25, 0.3) is 11.1 Å². The van der Waals surface area contributed by atoms with Gasteiger partial charge in [0.1, 0.15) is 5.82 Å². The van der Waals surface area contributed by atoms with Crippen LogP contribution >= 0.6 is 19.2 Å². The molecule has 1 unspecified atom stereocenters. The van der Waals surface area contributed by atoms with Gasteiger partial charge in [-0.05, 0) is 56.5 Å². The van der Waals surface area contributed by atoms with Crippen molar-refractivity contribution in [3.05, 3.63) is 58.9 Å². The number of hydrogen-bond donors (Lipinski definition) is 3. The number of carbonyl (C=O) groups is 3. The van der Waals surface area contributed by atoms with Crippen LogP contribution in [-0.4, -0.2) is 46.6 Å². The third-order valence-corrected chi connectivity index (χ3v) is 6.15. The van der Waals surface area contributed by atoms with E-state index in [1.165, 1.54) is 18.2 Å². The van der Waals surface area contributed by atoms with Crippen molar-refractivity contribution < 1.29 is 42.6 Å². The molecule has 9 nitrogen and oxygen atoms in total. The molecule has 1 amide bonds. The first-order chi connectivity index (χ1) is 17.1. The van der Waals surface area contributed by atoms with Gasteiger partial charge in [-0.2, -0.15) is 0 Å². The van der Waals surface area contributed by atoms with E-state index in [1.54, 1.807) is 45.0 Å². The highest BCUT2D eigenvalue weighted by Gasteiger charge is 2.24. The summed E-state index contributed by atoms with van der Waals surface area (Å²) in [6, 6.07) is 10.1. The molecule has 2 rings (SSSR count). The van der Waals surface area contributed by atoms with Crippen LogP contribution in [0.3, 0.4) is 0 Å². The monoisotopic (exact) mass is 557 g/mol. The summed E-state index contributed by atoms with van der Waals surface area (Å²) in [5.74, 6) is -2.40. The lowest BCUT2D eigenvalue weighted by Crippen LogP contribution is -2.39. The molecule has 0 heterocycles. The predicted octanol–water partition coefficient (Wildman–Crippen LogP) is 4.22. The second-order valence-corrected chi connectivity index (χ2v) is 11.7. The second kappa shape index (κ2) is 13.1. The van der Waals surface area contributed by atoms with Crippen LogP contribution < -0.4 is 5.32 Å². The largest absolute Gasteiger partial charge is 0.428 e. The summed E-state index contributed by atoms with van der Waals surface area (Å²) >= 11 is 5.97. The van der Waals surface area contributed by atoms with Crippen molar-refractivity contribution in [2.24, 2.45) is 5.41 Å². The van der Waals surface area contributed by atoms with Crippen LogP contribution in [0.2, 0.25) is 5.02 Å². The van der Waals surface area contributed by atoms with Crippen LogP contribution in [0.5, 0.6) is 0 Å². The minimum absolute atomic E-state index is 0.164. The minimum atomic E-state index is -4.38. The molecule has 0 bridgehead atoms. The van der Waals surface area contributed by atoms with Gasteiger partial charge in [0.2, 0.25) is 12.7 Å². The standard InChI is InChI=1S/C25H30ClFNO8P/c1-25(2,3)24(31)36-15-35-23(30)14-19(28-22(29)10-11-37(32,33)34)12-16-4-6-17(7-5-16)20-13-18(26)8-9-21(20)27/h4-9,13,19H,10-12,14-15H2,1-3H3,(H,28,29)(H2,32,33,34). The fourth-order valence-electron chi connectivity index (χ4n) is 3.17. The number of rotatable bonds is 11. The average molecular weight is 558 g/mol. The molecule has 2 aromatic rings. The van der Waals surface area contributed by atoms with E-state index in [0.29, 0.717) is 21.7 Å². The molecule has 37 heavy (non-hydrogen) atoms. The van der Waals surface area contributed by atoms with Gasteiger partial charge in [-0.3, -0.25) is 18.9 Å². The Bertz CT molecular complexity index is 1160. The summed E-state index contributed by atoms with van der Waals surface area (Å²) in [6.07, 6.45) is -1.21. The lowest BCUT2D eigenvalue weighted by Gasteiger charge is -2.20. The Morgan fingerprint density at radius 2 is 1.73 bits per heavy atom. The number of amides is 1. The maximum Gasteiger partial charge on any atom is 0.326 e. The first-order valence-corrected chi connectivity index (χ1v) is 13.5. The Hall–Kier alpha value is -2.78. The maximum absolute atomic E-state index is 14.2. The molecule has 0 saturated heterocycles. The summed E-state index contributed by atoms with van der Waals surface area (Å²) < 4.78 is 35.1. The van der Waals surface area contributed by atoms with Crippen molar-refractivity contribution in [3.8, 4) is 11.1 Å². The number of esters is 2. The molecule has 0 aromatic heterocycles. The molecule has 1 atom stereocenters. The van der Waals surface area contributed by atoms with Crippen LogP contribution in [0, 0.1) is 11.2 Å². The van der Waals surface area contributed by atoms with E-state index in [9.17, 15) is 23.3 Å².